The Hall–Kier alpha value is -0.540. The molecule has 1 aliphatic carbocycles. The van der Waals surface area contributed by atoms with E-state index in [1.807, 2.05) is 18.7 Å². The van der Waals surface area contributed by atoms with Crippen molar-refractivity contribution in [3.63, 3.8) is 0 Å². The predicted octanol–water partition coefficient (Wildman–Crippen LogP) is 3.44. The van der Waals surface area contributed by atoms with E-state index in [0.717, 1.165) is 29.5 Å². The summed E-state index contributed by atoms with van der Waals surface area (Å²) < 4.78 is 1.88. The smallest absolute Gasteiger partial charge is 0.0860 e. The summed E-state index contributed by atoms with van der Waals surface area (Å²) in [4.78, 5) is 0. The highest BCUT2D eigenvalue weighted by Gasteiger charge is 2.26. The van der Waals surface area contributed by atoms with Gasteiger partial charge in [0.1, 0.15) is 0 Å². The van der Waals surface area contributed by atoms with E-state index in [1.165, 1.54) is 32.1 Å². The number of hydrogen-bond acceptors (Lipinski definition) is 2. The summed E-state index contributed by atoms with van der Waals surface area (Å²) in [5, 5.41) is 8.70. The number of halogens is 1. The molecule has 0 aliphatic heterocycles. The van der Waals surface area contributed by atoms with Crippen molar-refractivity contribution in [2.75, 3.05) is 6.54 Å². The van der Waals surface area contributed by atoms with Crippen LogP contribution in [0.2, 0.25) is 5.02 Å². The number of hydrogen-bond donors (Lipinski definition) is 1. The molecule has 1 fully saturated rings. The molecule has 1 aliphatic rings. The van der Waals surface area contributed by atoms with E-state index in [1.54, 1.807) is 0 Å². The second-order valence-electron chi connectivity index (χ2n) is 5.94. The van der Waals surface area contributed by atoms with Crippen molar-refractivity contribution < 1.29 is 0 Å². The van der Waals surface area contributed by atoms with Gasteiger partial charge in [0.05, 0.1) is 16.4 Å². The fraction of sp³-hybridized carbons (Fsp3) is 0.786. The number of nitrogens with one attached hydrogen (secondary N) is 1. The van der Waals surface area contributed by atoms with Gasteiger partial charge in [-0.2, -0.15) is 5.10 Å². The van der Waals surface area contributed by atoms with E-state index < -0.39 is 0 Å². The van der Waals surface area contributed by atoms with Gasteiger partial charge in [-0.3, -0.25) is 4.68 Å². The summed E-state index contributed by atoms with van der Waals surface area (Å²) in [7, 11) is 1.96. The Kier molecular flexibility index (Phi) is 4.33. The van der Waals surface area contributed by atoms with Crippen molar-refractivity contribution in [3.8, 4) is 0 Å². The van der Waals surface area contributed by atoms with Crippen LogP contribution in [0.15, 0.2) is 0 Å². The Balaban J connectivity index is 1.88. The first kappa shape index (κ1) is 13.9. The highest BCUT2D eigenvalue weighted by atomic mass is 35.5. The first-order valence-electron chi connectivity index (χ1n) is 6.90. The van der Waals surface area contributed by atoms with E-state index >= 15 is 0 Å². The number of aromatic nitrogens is 2. The molecule has 0 unspecified atom stereocenters. The standard InChI is InChI=1S/C14H24ClN3/c1-11-13(15)12(18(3)17-11)9-16-10-14(2)7-5-4-6-8-14/h16H,4-10H2,1-3H3. The van der Waals surface area contributed by atoms with E-state index in [0.29, 0.717) is 5.41 Å². The van der Waals surface area contributed by atoms with Crippen LogP contribution in [0.3, 0.4) is 0 Å². The molecule has 0 bridgehead atoms. The molecule has 18 heavy (non-hydrogen) atoms. The Morgan fingerprint density at radius 2 is 2.00 bits per heavy atom. The minimum Gasteiger partial charge on any atom is -0.311 e. The summed E-state index contributed by atoms with van der Waals surface area (Å²) >= 11 is 6.25. The van der Waals surface area contributed by atoms with E-state index in [2.05, 4.69) is 17.3 Å². The lowest BCUT2D eigenvalue weighted by molar-refractivity contribution is 0.207. The van der Waals surface area contributed by atoms with Crippen LogP contribution in [0.25, 0.3) is 0 Å². The van der Waals surface area contributed by atoms with E-state index in [-0.39, 0.29) is 0 Å². The van der Waals surface area contributed by atoms with Crippen molar-refractivity contribution in [1.29, 1.82) is 0 Å². The van der Waals surface area contributed by atoms with Gasteiger partial charge in [-0.1, -0.05) is 37.8 Å². The van der Waals surface area contributed by atoms with Crippen molar-refractivity contribution in [2.45, 2.75) is 52.5 Å². The van der Waals surface area contributed by atoms with Crippen LogP contribution >= 0.6 is 11.6 Å². The molecule has 1 N–H and O–H groups in total. The molecular weight excluding hydrogens is 246 g/mol. The molecule has 1 heterocycles. The van der Waals surface area contributed by atoms with Crippen LogP contribution in [0.4, 0.5) is 0 Å². The van der Waals surface area contributed by atoms with Gasteiger partial charge in [0, 0.05) is 20.1 Å². The highest BCUT2D eigenvalue weighted by Crippen LogP contribution is 2.35. The van der Waals surface area contributed by atoms with Crippen molar-refractivity contribution in [2.24, 2.45) is 12.5 Å². The van der Waals surface area contributed by atoms with E-state index in [9.17, 15) is 0 Å². The Bertz CT molecular complexity index is 405. The third kappa shape index (κ3) is 3.07. The molecule has 3 nitrogen and oxygen atoms in total. The largest absolute Gasteiger partial charge is 0.311 e. The fourth-order valence-electron chi connectivity index (χ4n) is 2.94. The maximum Gasteiger partial charge on any atom is 0.0860 e. The number of aryl methyl sites for hydroxylation is 2. The van der Waals surface area contributed by atoms with Crippen LogP contribution in [-0.2, 0) is 13.6 Å². The zero-order chi connectivity index (χ0) is 13.2. The molecule has 1 aromatic rings. The number of rotatable bonds is 4. The van der Waals surface area contributed by atoms with Crippen LogP contribution in [0.5, 0.6) is 0 Å². The van der Waals surface area contributed by atoms with Gasteiger partial charge in [-0.25, -0.2) is 0 Å². The molecule has 0 amide bonds. The van der Waals surface area contributed by atoms with Gasteiger partial charge in [-0.05, 0) is 25.2 Å². The Morgan fingerprint density at radius 3 is 2.56 bits per heavy atom. The Morgan fingerprint density at radius 1 is 1.33 bits per heavy atom. The first-order chi connectivity index (χ1) is 8.52. The summed E-state index contributed by atoms with van der Waals surface area (Å²) in [6.07, 6.45) is 6.85. The van der Waals surface area contributed by atoms with E-state index in [4.69, 9.17) is 11.6 Å². The second kappa shape index (κ2) is 5.62. The normalized spacial score (nSPS) is 19.1. The zero-order valence-electron chi connectivity index (χ0n) is 11.7. The van der Waals surface area contributed by atoms with Gasteiger partial charge in [0.2, 0.25) is 0 Å². The minimum absolute atomic E-state index is 0.471. The predicted molar refractivity (Wildman–Crippen MR) is 75.9 cm³/mol. The van der Waals surface area contributed by atoms with Crippen molar-refractivity contribution in [1.82, 2.24) is 15.1 Å². The quantitative estimate of drug-likeness (QED) is 0.907. The average Bonchev–Trinajstić information content (AvgIpc) is 2.56. The maximum atomic E-state index is 6.25. The molecule has 2 rings (SSSR count). The Labute approximate surface area is 115 Å². The SMILES string of the molecule is Cc1nn(C)c(CNCC2(C)CCCCC2)c1Cl. The molecular formula is C14H24ClN3. The summed E-state index contributed by atoms with van der Waals surface area (Å²) in [6, 6.07) is 0. The number of nitrogens with zero attached hydrogens (tertiary/aromatic N) is 2. The lowest BCUT2D eigenvalue weighted by Crippen LogP contribution is -2.33. The summed E-state index contributed by atoms with van der Waals surface area (Å²) in [5.41, 5.74) is 2.48. The van der Waals surface area contributed by atoms with Crippen molar-refractivity contribution in [3.05, 3.63) is 16.4 Å². The molecule has 1 aromatic heterocycles. The van der Waals surface area contributed by atoms with Crippen LogP contribution in [-0.4, -0.2) is 16.3 Å². The molecule has 1 saturated carbocycles. The molecule has 0 radical (unpaired) electrons. The second-order valence-corrected chi connectivity index (χ2v) is 6.32. The van der Waals surface area contributed by atoms with Gasteiger partial charge in [0.15, 0.2) is 0 Å². The van der Waals surface area contributed by atoms with Crippen LogP contribution < -0.4 is 5.32 Å². The zero-order valence-corrected chi connectivity index (χ0v) is 12.5. The van der Waals surface area contributed by atoms with Crippen LogP contribution in [0.1, 0.15) is 50.4 Å². The average molecular weight is 270 g/mol. The molecule has 4 heteroatoms. The summed E-state index contributed by atoms with van der Waals surface area (Å²) in [5.74, 6) is 0. The highest BCUT2D eigenvalue weighted by molar-refractivity contribution is 6.31. The maximum absolute atomic E-state index is 6.25. The summed E-state index contributed by atoms with van der Waals surface area (Å²) in [6.45, 7) is 6.24. The van der Waals surface area contributed by atoms with Crippen molar-refractivity contribution >= 4 is 11.6 Å². The molecule has 0 aromatic carbocycles. The van der Waals surface area contributed by atoms with Gasteiger partial charge in [0.25, 0.3) is 0 Å². The monoisotopic (exact) mass is 269 g/mol. The first-order valence-corrected chi connectivity index (χ1v) is 7.28. The molecule has 102 valence electrons. The lowest BCUT2D eigenvalue weighted by Gasteiger charge is -2.33. The lowest BCUT2D eigenvalue weighted by atomic mass is 9.76. The molecule has 0 saturated heterocycles. The van der Waals surface area contributed by atoms with Gasteiger partial charge in [-0.15, -0.1) is 0 Å². The van der Waals surface area contributed by atoms with Crippen LogP contribution in [0, 0.1) is 12.3 Å². The van der Waals surface area contributed by atoms with Gasteiger partial charge < -0.3 is 5.32 Å². The topological polar surface area (TPSA) is 29.9 Å². The van der Waals surface area contributed by atoms with Gasteiger partial charge >= 0.3 is 0 Å². The molecule has 0 spiro atoms. The third-order valence-corrected chi connectivity index (χ3v) is 4.66. The molecule has 0 atom stereocenters. The minimum atomic E-state index is 0.471. The fourth-order valence-corrected chi connectivity index (χ4v) is 3.16. The third-order valence-electron chi connectivity index (χ3n) is 4.17.